The number of nitrogens with zero attached hydrogens (tertiary/aromatic N) is 3. The van der Waals surface area contributed by atoms with Gasteiger partial charge in [0.05, 0.1) is 41.8 Å². The van der Waals surface area contributed by atoms with Gasteiger partial charge in [-0.3, -0.25) is 15.1 Å². The Balaban J connectivity index is 1.76. The normalized spacial score (nSPS) is 19.4. The second-order valence-electron chi connectivity index (χ2n) is 7.41. The lowest BCUT2D eigenvalue weighted by molar-refractivity contribution is -0.386. The lowest BCUT2D eigenvalue weighted by Gasteiger charge is -2.37. The van der Waals surface area contributed by atoms with Crippen molar-refractivity contribution in [3.63, 3.8) is 0 Å². The summed E-state index contributed by atoms with van der Waals surface area (Å²) in [4.78, 5) is 16.9. The Morgan fingerprint density at radius 3 is 2.83 bits per heavy atom. The van der Waals surface area contributed by atoms with Gasteiger partial charge in [-0.1, -0.05) is 18.5 Å². The molecule has 0 aliphatic carbocycles. The molecule has 1 saturated heterocycles. The molecule has 0 spiro atoms. The van der Waals surface area contributed by atoms with Crippen molar-refractivity contribution >= 4 is 35.0 Å². The second kappa shape index (κ2) is 7.25. The van der Waals surface area contributed by atoms with Gasteiger partial charge >= 0.3 is 5.69 Å². The predicted octanol–water partition coefficient (Wildman–Crippen LogP) is 3.94. The minimum atomic E-state index is -0.775. The largest absolute Gasteiger partial charge is 0.486 e. The molecule has 4 rings (SSSR count). The van der Waals surface area contributed by atoms with Crippen molar-refractivity contribution in [2.45, 2.75) is 13.1 Å². The van der Waals surface area contributed by atoms with Gasteiger partial charge in [0.15, 0.2) is 5.75 Å². The zero-order chi connectivity index (χ0) is 20.8. The molecule has 1 unspecified atom stereocenters. The number of ether oxygens (including phenoxy) is 2. The summed E-state index contributed by atoms with van der Waals surface area (Å²) in [5.74, 6) is -0.437. The van der Waals surface area contributed by atoms with Crippen LogP contribution in [0.5, 0.6) is 5.75 Å². The highest BCUT2D eigenvalue weighted by molar-refractivity contribution is 6.31. The van der Waals surface area contributed by atoms with Crippen LogP contribution in [0.3, 0.4) is 0 Å². The molecule has 2 aromatic carbocycles. The molecule has 0 amide bonds. The number of aliphatic imine (C=N–C) groups is 1. The molecule has 2 heterocycles. The average molecular weight is 421 g/mol. The number of fused-ring (bicyclic) bond motifs is 1. The van der Waals surface area contributed by atoms with Crippen LogP contribution in [0.1, 0.15) is 18.7 Å². The lowest BCUT2D eigenvalue weighted by Crippen LogP contribution is -2.44. The van der Waals surface area contributed by atoms with E-state index in [1.165, 1.54) is 30.6 Å². The molecule has 1 atom stereocenters. The van der Waals surface area contributed by atoms with Gasteiger partial charge in [0.2, 0.25) is 0 Å². The van der Waals surface area contributed by atoms with Crippen LogP contribution in [-0.2, 0) is 4.74 Å². The summed E-state index contributed by atoms with van der Waals surface area (Å²) in [6.07, 6.45) is 0.704. The van der Waals surface area contributed by atoms with Gasteiger partial charge in [0.25, 0.3) is 0 Å². The van der Waals surface area contributed by atoms with E-state index in [0.29, 0.717) is 30.2 Å². The van der Waals surface area contributed by atoms with E-state index in [1.807, 2.05) is 6.92 Å². The molecule has 2 aromatic rings. The maximum atomic E-state index is 13.6. The Kier molecular flexibility index (Phi) is 4.89. The van der Waals surface area contributed by atoms with Crippen LogP contribution in [0.4, 0.5) is 21.5 Å². The Morgan fingerprint density at radius 2 is 2.21 bits per heavy atom. The number of nitro groups is 1. The van der Waals surface area contributed by atoms with Crippen LogP contribution in [0, 0.1) is 21.3 Å². The van der Waals surface area contributed by atoms with E-state index >= 15 is 0 Å². The monoisotopic (exact) mass is 420 g/mol. The Morgan fingerprint density at radius 1 is 1.45 bits per heavy atom. The third kappa shape index (κ3) is 3.64. The summed E-state index contributed by atoms with van der Waals surface area (Å²) >= 11 is 5.91. The molecule has 2 aliphatic heterocycles. The summed E-state index contributed by atoms with van der Waals surface area (Å²) in [7, 11) is 0. The second-order valence-corrected chi connectivity index (χ2v) is 7.81. The number of halogens is 2. The highest BCUT2D eigenvalue weighted by Gasteiger charge is 2.35. The van der Waals surface area contributed by atoms with Crippen molar-refractivity contribution in [3.8, 4) is 5.75 Å². The Hall–Kier alpha value is -2.75. The number of benzene rings is 2. The maximum Gasteiger partial charge on any atom is 0.311 e. The van der Waals surface area contributed by atoms with Gasteiger partial charge in [-0.05, 0) is 18.2 Å². The summed E-state index contributed by atoms with van der Waals surface area (Å²) < 4.78 is 24.6. The number of hydrogen-bond donors (Lipinski definition) is 1. The fraction of sp³-hybridized carbons (Fsp3) is 0.316. The molecular weight excluding hydrogens is 403 g/mol. The topological polar surface area (TPSA) is 103 Å². The van der Waals surface area contributed by atoms with Gasteiger partial charge in [-0.25, -0.2) is 4.39 Å². The van der Waals surface area contributed by atoms with E-state index in [1.54, 1.807) is 11.0 Å². The van der Waals surface area contributed by atoms with Gasteiger partial charge in [0, 0.05) is 28.8 Å². The maximum absolute atomic E-state index is 13.6. The number of hydrogen-bond acceptors (Lipinski definition) is 7. The van der Waals surface area contributed by atoms with Gasteiger partial charge < -0.3 is 20.1 Å². The zero-order valence-electron chi connectivity index (χ0n) is 15.5. The van der Waals surface area contributed by atoms with E-state index in [2.05, 4.69) is 4.99 Å². The SMILES string of the molecule is CC1(COc2cc3c(cc2[N+](=O)[O-])C(N)N=CN3c2ccc(F)c(Cl)c2)COC1. The summed E-state index contributed by atoms with van der Waals surface area (Å²) in [6, 6.07) is 7.13. The molecule has 1 fully saturated rings. The number of nitrogens with two attached hydrogens (primary N) is 1. The van der Waals surface area contributed by atoms with Crippen molar-refractivity contribution in [3.05, 3.63) is 56.8 Å². The molecule has 0 radical (unpaired) electrons. The van der Waals surface area contributed by atoms with E-state index in [-0.39, 0.29) is 28.5 Å². The molecule has 0 bridgehead atoms. The molecule has 10 heteroatoms. The highest BCUT2D eigenvalue weighted by Crippen LogP contribution is 2.42. The number of anilines is 2. The third-order valence-corrected chi connectivity index (χ3v) is 5.17. The fourth-order valence-corrected chi connectivity index (χ4v) is 3.36. The first-order chi connectivity index (χ1) is 13.8. The van der Waals surface area contributed by atoms with Crippen molar-refractivity contribution in [2.24, 2.45) is 16.1 Å². The number of rotatable bonds is 5. The van der Waals surface area contributed by atoms with E-state index < -0.39 is 16.9 Å². The van der Waals surface area contributed by atoms with Crippen molar-refractivity contribution in [1.29, 1.82) is 0 Å². The quantitative estimate of drug-likeness (QED) is 0.580. The van der Waals surface area contributed by atoms with E-state index in [0.717, 1.165) is 0 Å². The van der Waals surface area contributed by atoms with Gasteiger partial charge in [0.1, 0.15) is 12.0 Å². The lowest BCUT2D eigenvalue weighted by atomic mass is 9.90. The molecule has 8 nitrogen and oxygen atoms in total. The number of nitro benzene ring substituents is 1. The minimum absolute atomic E-state index is 0.0522. The van der Waals surface area contributed by atoms with Crippen LogP contribution >= 0.6 is 11.6 Å². The molecule has 2 N–H and O–H groups in total. The highest BCUT2D eigenvalue weighted by atomic mass is 35.5. The Bertz CT molecular complexity index is 1010. The molecule has 29 heavy (non-hydrogen) atoms. The van der Waals surface area contributed by atoms with Gasteiger partial charge in [-0.2, -0.15) is 0 Å². The third-order valence-electron chi connectivity index (χ3n) is 4.88. The van der Waals surface area contributed by atoms with Crippen molar-refractivity contribution in [1.82, 2.24) is 0 Å². The summed E-state index contributed by atoms with van der Waals surface area (Å²) in [5.41, 5.74) is 7.19. The molecule has 0 saturated carbocycles. The van der Waals surface area contributed by atoms with Crippen molar-refractivity contribution in [2.75, 3.05) is 24.7 Å². The molecule has 152 valence electrons. The first-order valence-corrected chi connectivity index (χ1v) is 9.21. The summed E-state index contributed by atoms with van der Waals surface area (Å²) in [5, 5.41) is 11.6. The first kappa shape index (κ1) is 19.6. The van der Waals surface area contributed by atoms with Gasteiger partial charge in [-0.15, -0.1) is 0 Å². The predicted molar refractivity (Wildman–Crippen MR) is 106 cm³/mol. The smallest absolute Gasteiger partial charge is 0.311 e. The molecule has 2 aliphatic rings. The minimum Gasteiger partial charge on any atom is -0.486 e. The molecule has 0 aromatic heterocycles. The standard InChI is InChI=1S/C19H18ClFN4O4/c1-19(7-28-8-19)9-29-17-6-15-12(5-16(17)25(26)27)18(22)23-10-24(15)11-2-3-14(21)13(20)4-11/h2-6,10,18H,7-9,22H2,1H3. The van der Waals surface area contributed by atoms with Crippen LogP contribution in [0.15, 0.2) is 35.3 Å². The van der Waals surface area contributed by atoms with E-state index in [4.69, 9.17) is 26.8 Å². The van der Waals surface area contributed by atoms with Crippen LogP contribution in [0.25, 0.3) is 0 Å². The van der Waals surface area contributed by atoms with Crippen molar-refractivity contribution < 1.29 is 18.8 Å². The molecular formula is C19H18ClFN4O4. The van der Waals surface area contributed by atoms with Crippen LogP contribution in [0.2, 0.25) is 5.02 Å². The fourth-order valence-electron chi connectivity index (χ4n) is 3.19. The van der Waals surface area contributed by atoms with Crippen LogP contribution in [-0.4, -0.2) is 31.1 Å². The Labute approximate surface area is 170 Å². The van der Waals surface area contributed by atoms with Crippen LogP contribution < -0.4 is 15.4 Å². The zero-order valence-corrected chi connectivity index (χ0v) is 16.2. The summed E-state index contributed by atoms with van der Waals surface area (Å²) in [6.45, 7) is 3.32. The van der Waals surface area contributed by atoms with E-state index in [9.17, 15) is 14.5 Å². The first-order valence-electron chi connectivity index (χ1n) is 8.83. The average Bonchev–Trinajstić information content (AvgIpc) is 2.67.